The fourth-order valence-corrected chi connectivity index (χ4v) is 1.20. The highest BCUT2D eigenvalue weighted by atomic mass is 16.2. The molecule has 0 rings (SSSR count). The van der Waals surface area contributed by atoms with Crippen LogP contribution in [0.1, 0.15) is 45.4 Å². The van der Waals surface area contributed by atoms with Gasteiger partial charge in [0.05, 0.1) is 0 Å². The summed E-state index contributed by atoms with van der Waals surface area (Å²) in [7, 11) is 3.54. The van der Waals surface area contributed by atoms with Crippen molar-refractivity contribution in [1.82, 2.24) is 4.90 Å². The molecule has 0 aliphatic rings. The van der Waals surface area contributed by atoms with E-state index >= 15 is 0 Å². The molecular formula is C12H23NO. The predicted molar refractivity (Wildman–Crippen MR) is 61.2 cm³/mol. The summed E-state index contributed by atoms with van der Waals surface area (Å²) in [4.78, 5) is 12.7. The molecule has 0 aliphatic heterocycles. The Labute approximate surface area is 88.0 Å². The van der Waals surface area contributed by atoms with Gasteiger partial charge in [0.15, 0.2) is 0 Å². The topological polar surface area (TPSA) is 20.3 Å². The molecular weight excluding hydrogens is 174 g/mol. The second-order valence-corrected chi connectivity index (χ2v) is 3.84. The Bertz CT molecular complexity index is 173. The Kier molecular flexibility index (Phi) is 8.30. The Morgan fingerprint density at radius 3 is 2.36 bits per heavy atom. The van der Waals surface area contributed by atoms with Crippen LogP contribution in [0.4, 0.5) is 0 Å². The maximum absolute atomic E-state index is 11.1. The highest BCUT2D eigenvalue weighted by molar-refractivity contribution is 5.86. The van der Waals surface area contributed by atoms with Crippen LogP contribution in [0, 0.1) is 0 Å². The molecule has 2 nitrogen and oxygen atoms in total. The molecule has 0 saturated carbocycles. The monoisotopic (exact) mass is 197 g/mol. The fraction of sp³-hybridized carbons (Fsp3) is 0.750. The van der Waals surface area contributed by atoms with Gasteiger partial charge in [0.1, 0.15) is 0 Å². The van der Waals surface area contributed by atoms with E-state index in [4.69, 9.17) is 0 Å². The smallest absolute Gasteiger partial charge is 0.245 e. The molecule has 0 unspecified atom stereocenters. The summed E-state index contributed by atoms with van der Waals surface area (Å²) in [6.45, 7) is 2.22. The molecule has 2 heteroatoms. The molecule has 0 saturated heterocycles. The number of likely N-dealkylation sites (N-methyl/N-ethyl adjacent to an activating group) is 1. The minimum absolute atomic E-state index is 0.0820. The minimum Gasteiger partial charge on any atom is -0.345 e. The Balaban J connectivity index is 3.31. The fourth-order valence-electron chi connectivity index (χ4n) is 1.20. The third-order valence-electron chi connectivity index (χ3n) is 2.18. The van der Waals surface area contributed by atoms with Crippen LogP contribution in [-0.2, 0) is 4.79 Å². The van der Waals surface area contributed by atoms with Gasteiger partial charge in [-0.05, 0) is 18.9 Å². The summed E-state index contributed by atoms with van der Waals surface area (Å²) in [6.07, 6.45) is 11.1. The number of nitrogens with zero attached hydrogens (tertiary/aromatic N) is 1. The van der Waals surface area contributed by atoms with Crippen LogP contribution in [0.5, 0.6) is 0 Å². The van der Waals surface area contributed by atoms with Gasteiger partial charge < -0.3 is 4.90 Å². The van der Waals surface area contributed by atoms with E-state index in [1.54, 1.807) is 25.1 Å². The lowest BCUT2D eigenvalue weighted by Crippen LogP contribution is -2.18. The van der Waals surface area contributed by atoms with E-state index in [1.165, 1.54) is 32.1 Å². The summed E-state index contributed by atoms with van der Waals surface area (Å²) in [5, 5.41) is 0. The molecule has 0 aliphatic carbocycles. The second kappa shape index (κ2) is 8.79. The highest BCUT2D eigenvalue weighted by Crippen LogP contribution is 2.05. The van der Waals surface area contributed by atoms with Crippen molar-refractivity contribution in [2.75, 3.05) is 14.1 Å². The van der Waals surface area contributed by atoms with Crippen molar-refractivity contribution in [2.45, 2.75) is 45.4 Å². The summed E-state index contributed by atoms with van der Waals surface area (Å²) in [6, 6.07) is 0. The summed E-state index contributed by atoms with van der Waals surface area (Å²) >= 11 is 0. The molecule has 0 aromatic carbocycles. The standard InChI is InChI=1S/C12H23NO/c1-4-5-6-7-8-9-10-11-12(14)13(2)3/h10-11H,4-9H2,1-3H3. The van der Waals surface area contributed by atoms with Gasteiger partial charge >= 0.3 is 0 Å². The van der Waals surface area contributed by atoms with Gasteiger partial charge in [0.25, 0.3) is 0 Å². The van der Waals surface area contributed by atoms with E-state index in [1.807, 2.05) is 6.08 Å². The van der Waals surface area contributed by atoms with Crippen molar-refractivity contribution in [2.24, 2.45) is 0 Å². The summed E-state index contributed by atoms with van der Waals surface area (Å²) in [5.41, 5.74) is 0. The van der Waals surface area contributed by atoms with Crippen LogP contribution in [0.25, 0.3) is 0 Å². The molecule has 0 N–H and O–H groups in total. The van der Waals surface area contributed by atoms with Crippen LogP contribution in [0.3, 0.4) is 0 Å². The van der Waals surface area contributed by atoms with Crippen LogP contribution >= 0.6 is 0 Å². The van der Waals surface area contributed by atoms with Crippen molar-refractivity contribution < 1.29 is 4.79 Å². The first-order valence-corrected chi connectivity index (χ1v) is 5.56. The summed E-state index contributed by atoms with van der Waals surface area (Å²) < 4.78 is 0. The molecule has 0 fully saturated rings. The number of rotatable bonds is 7. The van der Waals surface area contributed by atoms with E-state index in [2.05, 4.69) is 6.92 Å². The maximum Gasteiger partial charge on any atom is 0.245 e. The zero-order valence-corrected chi connectivity index (χ0v) is 9.75. The van der Waals surface area contributed by atoms with Crippen LogP contribution < -0.4 is 0 Å². The van der Waals surface area contributed by atoms with Gasteiger partial charge in [-0.3, -0.25) is 4.79 Å². The Hall–Kier alpha value is -0.790. The van der Waals surface area contributed by atoms with Crippen LogP contribution in [0.15, 0.2) is 12.2 Å². The third-order valence-corrected chi connectivity index (χ3v) is 2.18. The number of hydrogen-bond acceptors (Lipinski definition) is 1. The zero-order chi connectivity index (χ0) is 10.8. The summed E-state index contributed by atoms with van der Waals surface area (Å²) in [5.74, 6) is 0.0820. The molecule has 82 valence electrons. The number of amides is 1. The molecule has 0 spiro atoms. The number of hydrogen-bond donors (Lipinski definition) is 0. The van der Waals surface area contributed by atoms with E-state index in [9.17, 15) is 4.79 Å². The quantitative estimate of drug-likeness (QED) is 0.454. The number of carbonyl (C=O) groups is 1. The lowest BCUT2D eigenvalue weighted by molar-refractivity contribution is -0.123. The molecule has 0 radical (unpaired) electrons. The van der Waals surface area contributed by atoms with Gasteiger partial charge in [0.2, 0.25) is 5.91 Å². The van der Waals surface area contributed by atoms with E-state index in [0.29, 0.717) is 0 Å². The molecule has 0 aromatic heterocycles. The normalized spacial score (nSPS) is 10.8. The van der Waals surface area contributed by atoms with Gasteiger partial charge in [0, 0.05) is 14.1 Å². The van der Waals surface area contributed by atoms with Crippen molar-refractivity contribution in [3.05, 3.63) is 12.2 Å². The first-order valence-electron chi connectivity index (χ1n) is 5.56. The molecule has 0 bridgehead atoms. The first-order chi connectivity index (χ1) is 6.68. The average molecular weight is 197 g/mol. The highest BCUT2D eigenvalue weighted by Gasteiger charge is 1.95. The molecule has 0 atom stereocenters. The van der Waals surface area contributed by atoms with E-state index in [0.717, 1.165) is 6.42 Å². The average Bonchev–Trinajstić information content (AvgIpc) is 2.16. The van der Waals surface area contributed by atoms with Crippen molar-refractivity contribution in [3.63, 3.8) is 0 Å². The van der Waals surface area contributed by atoms with Gasteiger partial charge in [-0.1, -0.05) is 38.7 Å². The van der Waals surface area contributed by atoms with Crippen molar-refractivity contribution in [3.8, 4) is 0 Å². The Morgan fingerprint density at radius 2 is 1.79 bits per heavy atom. The lowest BCUT2D eigenvalue weighted by atomic mass is 10.1. The number of carbonyl (C=O) groups excluding carboxylic acids is 1. The van der Waals surface area contributed by atoms with E-state index in [-0.39, 0.29) is 5.91 Å². The lowest BCUT2D eigenvalue weighted by Gasteiger charge is -2.04. The largest absolute Gasteiger partial charge is 0.345 e. The molecule has 1 amide bonds. The van der Waals surface area contributed by atoms with Crippen LogP contribution in [0.2, 0.25) is 0 Å². The zero-order valence-electron chi connectivity index (χ0n) is 9.75. The minimum atomic E-state index is 0.0820. The van der Waals surface area contributed by atoms with Gasteiger partial charge in [-0.2, -0.15) is 0 Å². The number of allylic oxidation sites excluding steroid dienone is 1. The molecule has 14 heavy (non-hydrogen) atoms. The first kappa shape index (κ1) is 13.2. The third kappa shape index (κ3) is 7.84. The molecule has 0 aromatic rings. The second-order valence-electron chi connectivity index (χ2n) is 3.84. The van der Waals surface area contributed by atoms with E-state index < -0.39 is 0 Å². The van der Waals surface area contributed by atoms with Crippen molar-refractivity contribution in [1.29, 1.82) is 0 Å². The van der Waals surface area contributed by atoms with Crippen molar-refractivity contribution >= 4 is 5.91 Å². The predicted octanol–water partition coefficient (Wildman–Crippen LogP) is 2.99. The Morgan fingerprint density at radius 1 is 1.14 bits per heavy atom. The van der Waals surface area contributed by atoms with Gasteiger partial charge in [-0.15, -0.1) is 0 Å². The van der Waals surface area contributed by atoms with Crippen LogP contribution in [-0.4, -0.2) is 24.9 Å². The maximum atomic E-state index is 11.1. The number of unbranched alkanes of at least 4 members (excludes halogenated alkanes) is 5. The van der Waals surface area contributed by atoms with Gasteiger partial charge in [-0.25, -0.2) is 0 Å². The SMILES string of the molecule is CCCCCCCC=CC(=O)N(C)C. The molecule has 0 heterocycles.